The first kappa shape index (κ1) is 23.9. The highest BCUT2D eigenvalue weighted by Gasteiger charge is 2.35. The Bertz CT molecular complexity index is 439. The average Bonchev–Trinajstić information content (AvgIpc) is 2.99. The van der Waals surface area contributed by atoms with E-state index >= 15 is 0 Å². The maximum Gasteiger partial charge on any atom is 0.230 e. The normalized spacial score (nSPS) is 16.4. The Kier molecular flexibility index (Phi) is 13.2. The Morgan fingerprint density at radius 3 is 1.85 bits per heavy atom. The number of nitrogens with zero attached hydrogens (tertiary/aromatic N) is 1. The molecule has 0 aliphatic carbocycles. The van der Waals surface area contributed by atoms with Crippen LogP contribution in [0.5, 0.6) is 0 Å². The predicted octanol–water partition coefficient (Wildman–Crippen LogP) is 6.95. The first-order valence-electron chi connectivity index (χ1n) is 11.6. The van der Waals surface area contributed by atoms with Gasteiger partial charge in [-0.3, -0.25) is 14.5 Å². The molecule has 156 valence electrons. The van der Waals surface area contributed by atoms with Crippen molar-refractivity contribution in [1.82, 2.24) is 4.90 Å². The second kappa shape index (κ2) is 14.9. The Morgan fingerprint density at radius 2 is 1.30 bits per heavy atom. The fourth-order valence-corrected chi connectivity index (χ4v) is 4.01. The van der Waals surface area contributed by atoms with Crippen molar-refractivity contribution >= 4 is 11.8 Å². The van der Waals surface area contributed by atoms with Crippen molar-refractivity contribution in [3.8, 4) is 0 Å². The maximum atomic E-state index is 12.3. The van der Waals surface area contributed by atoms with Crippen LogP contribution >= 0.6 is 0 Å². The summed E-state index contributed by atoms with van der Waals surface area (Å²) in [6.45, 7) is 6.60. The average molecular weight is 378 g/mol. The topological polar surface area (TPSA) is 37.4 Å². The molecule has 1 fully saturated rings. The summed E-state index contributed by atoms with van der Waals surface area (Å²) in [5.41, 5.74) is 1.22. The molecule has 1 heterocycles. The molecule has 2 amide bonds. The number of carbonyl (C=O) groups excluding carboxylic acids is 2. The predicted molar refractivity (Wildman–Crippen MR) is 115 cm³/mol. The van der Waals surface area contributed by atoms with Gasteiger partial charge in [-0.2, -0.15) is 0 Å². The van der Waals surface area contributed by atoms with Crippen molar-refractivity contribution in [2.75, 3.05) is 0 Å². The summed E-state index contributed by atoms with van der Waals surface area (Å²) in [4.78, 5) is 26.1. The molecule has 0 radical (unpaired) electrons. The van der Waals surface area contributed by atoms with Gasteiger partial charge < -0.3 is 0 Å². The van der Waals surface area contributed by atoms with Crippen molar-refractivity contribution in [2.45, 2.75) is 130 Å². The van der Waals surface area contributed by atoms with E-state index in [-0.39, 0.29) is 17.9 Å². The van der Waals surface area contributed by atoms with Crippen molar-refractivity contribution < 1.29 is 9.59 Å². The smallest absolute Gasteiger partial charge is 0.230 e. The highest BCUT2D eigenvalue weighted by atomic mass is 16.2. The number of rotatable bonds is 16. The van der Waals surface area contributed by atoms with E-state index in [0.29, 0.717) is 12.8 Å². The van der Waals surface area contributed by atoms with Gasteiger partial charge in [0.25, 0.3) is 0 Å². The van der Waals surface area contributed by atoms with Crippen LogP contribution < -0.4 is 0 Å². The summed E-state index contributed by atoms with van der Waals surface area (Å²) in [6, 6.07) is -0.00114. The van der Waals surface area contributed by atoms with Crippen LogP contribution in [0.1, 0.15) is 124 Å². The standard InChI is InChI=1S/C24H43NO2/c1-4-6-8-10-11-12-14-16-18-22(25-23(26)19-20-24(25)27)21(3)17-15-13-9-7-5-2/h17,22H,4-16,18-20H2,1-3H3. The van der Waals surface area contributed by atoms with Gasteiger partial charge in [-0.25, -0.2) is 0 Å². The van der Waals surface area contributed by atoms with Crippen LogP contribution in [0.4, 0.5) is 0 Å². The zero-order valence-electron chi connectivity index (χ0n) is 18.2. The third-order valence-electron chi connectivity index (χ3n) is 5.78. The van der Waals surface area contributed by atoms with E-state index in [1.165, 1.54) is 76.2 Å². The number of hydrogen-bond donors (Lipinski definition) is 0. The van der Waals surface area contributed by atoms with Crippen molar-refractivity contribution in [3.63, 3.8) is 0 Å². The Labute approximate surface area is 168 Å². The highest BCUT2D eigenvalue weighted by Crippen LogP contribution is 2.25. The molecule has 0 spiro atoms. The lowest BCUT2D eigenvalue weighted by atomic mass is 9.97. The van der Waals surface area contributed by atoms with Crippen LogP contribution in [-0.4, -0.2) is 22.8 Å². The molecule has 3 nitrogen and oxygen atoms in total. The molecule has 0 aromatic rings. The largest absolute Gasteiger partial charge is 0.275 e. The number of allylic oxidation sites excluding steroid dienone is 1. The fraction of sp³-hybridized carbons (Fsp3) is 0.833. The quantitative estimate of drug-likeness (QED) is 0.166. The first-order chi connectivity index (χ1) is 13.1. The fourth-order valence-electron chi connectivity index (χ4n) is 4.01. The van der Waals surface area contributed by atoms with E-state index in [0.717, 1.165) is 19.3 Å². The van der Waals surface area contributed by atoms with Gasteiger partial charge in [-0.05, 0) is 26.2 Å². The van der Waals surface area contributed by atoms with E-state index in [4.69, 9.17) is 0 Å². The van der Waals surface area contributed by atoms with Crippen LogP contribution in [0.2, 0.25) is 0 Å². The van der Waals surface area contributed by atoms with Crippen molar-refractivity contribution in [2.24, 2.45) is 0 Å². The molecule has 0 aromatic carbocycles. The number of carbonyl (C=O) groups is 2. The molecule has 1 aliphatic rings. The van der Waals surface area contributed by atoms with Gasteiger partial charge in [0.15, 0.2) is 0 Å². The van der Waals surface area contributed by atoms with E-state index in [2.05, 4.69) is 26.8 Å². The highest BCUT2D eigenvalue weighted by molar-refractivity contribution is 6.02. The summed E-state index contributed by atoms with van der Waals surface area (Å²) < 4.78 is 0. The number of likely N-dealkylation sites (tertiary alicyclic amines) is 1. The summed E-state index contributed by atoms with van der Waals surface area (Å²) in [6.07, 6.45) is 20.4. The molecular formula is C24H43NO2. The Balaban J connectivity index is 2.47. The number of unbranched alkanes of at least 4 members (excludes halogenated alkanes) is 11. The lowest BCUT2D eigenvalue weighted by molar-refractivity contribution is -0.140. The van der Waals surface area contributed by atoms with Crippen molar-refractivity contribution in [3.05, 3.63) is 11.6 Å². The van der Waals surface area contributed by atoms with Gasteiger partial charge in [-0.1, -0.05) is 96.1 Å². The number of imide groups is 1. The van der Waals surface area contributed by atoms with Crippen LogP contribution in [0.25, 0.3) is 0 Å². The number of amides is 2. The monoisotopic (exact) mass is 377 g/mol. The lowest BCUT2D eigenvalue weighted by Gasteiger charge is -2.27. The molecule has 0 N–H and O–H groups in total. The van der Waals surface area contributed by atoms with Gasteiger partial charge in [0.2, 0.25) is 11.8 Å². The van der Waals surface area contributed by atoms with Crippen LogP contribution in [0.15, 0.2) is 11.6 Å². The van der Waals surface area contributed by atoms with Gasteiger partial charge in [0.1, 0.15) is 0 Å². The van der Waals surface area contributed by atoms with E-state index < -0.39 is 0 Å². The van der Waals surface area contributed by atoms with Gasteiger partial charge in [0, 0.05) is 12.8 Å². The van der Waals surface area contributed by atoms with Crippen LogP contribution in [0.3, 0.4) is 0 Å². The molecular weight excluding hydrogens is 334 g/mol. The minimum atomic E-state index is -0.00114. The summed E-state index contributed by atoms with van der Waals surface area (Å²) in [5.74, 6) is 0.0617. The molecule has 1 atom stereocenters. The molecule has 3 heteroatoms. The molecule has 1 rings (SSSR count). The molecule has 1 aliphatic heterocycles. The van der Waals surface area contributed by atoms with Gasteiger partial charge in [0.05, 0.1) is 6.04 Å². The number of hydrogen-bond acceptors (Lipinski definition) is 2. The molecule has 0 bridgehead atoms. The SMILES string of the molecule is CCCCCCC=C(C)C(CCCCCCCCCC)N1C(=O)CCC1=O. The minimum Gasteiger partial charge on any atom is -0.275 e. The van der Waals surface area contributed by atoms with E-state index in [1.54, 1.807) is 4.90 Å². The molecule has 0 aromatic heterocycles. The molecule has 1 saturated heterocycles. The second-order valence-electron chi connectivity index (χ2n) is 8.23. The zero-order chi connectivity index (χ0) is 19.9. The second-order valence-corrected chi connectivity index (χ2v) is 8.23. The molecule has 27 heavy (non-hydrogen) atoms. The summed E-state index contributed by atoms with van der Waals surface area (Å²) in [5, 5.41) is 0. The van der Waals surface area contributed by atoms with E-state index in [1.807, 2.05) is 0 Å². The van der Waals surface area contributed by atoms with Gasteiger partial charge in [-0.15, -0.1) is 0 Å². The van der Waals surface area contributed by atoms with E-state index in [9.17, 15) is 9.59 Å². The van der Waals surface area contributed by atoms with Crippen LogP contribution in [0, 0.1) is 0 Å². The summed E-state index contributed by atoms with van der Waals surface area (Å²) >= 11 is 0. The molecule has 1 unspecified atom stereocenters. The third kappa shape index (κ3) is 9.58. The lowest BCUT2D eigenvalue weighted by Crippen LogP contribution is -2.40. The maximum absolute atomic E-state index is 12.3. The zero-order valence-corrected chi connectivity index (χ0v) is 18.2. The first-order valence-corrected chi connectivity index (χ1v) is 11.6. The van der Waals surface area contributed by atoms with Crippen molar-refractivity contribution in [1.29, 1.82) is 0 Å². The van der Waals surface area contributed by atoms with Crippen LogP contribution in [-0.2, 0) is 9.59 Å². The Morgan fingerprint density at radius 1 is 0.815 bits per heavy atom. The molecule has 0 saturated carbocycles. The minimum absolute atomic E-state index is 0.00114. The summed E-state index contributed by atoms with van der Waals surface area (Å²) in [7, 11) is 0. The van der Waals surface area contributed by atoms with Gasteiger partial charge >= 0.3 is 0 Å². The third-order valence-corrected chi connectivity index (χ3v) is 5.78. The Hall–Kier alpha value is -1.12.